The summed E-state index contributed by atoms with van der Waals surface area (Å²) < 4.78 is 25.0. The van der Waals surface area contributed by atoms with Gasteiger partial charge in [-0.2, -0.15) is 0 Å². The molecule has 4 N–H and O–H groups in total. The molecule has 0 unspecified atom stereocenters. The largest absolute Gasteiger partial charge is 0.393 e. The van der Waals surface area contributed by atoms with Crippen LogP contribution in [0.5, 0.6) is 0 Å². The van der Waals surface area contributed by atoms with Gasteiger partial charge in [-0.25, -0.2) is 8.78 Å². The number of hydrogen-bond acceptors (Lipinski definition) is 4. The molecule has 0 fully saturated rings. The normalized spacial score (nSPS) is 11.4. The van der Waals surface area contributed by atoms with Crippen molar-refractivity contribution in [3.63, 3.8) is 0 Å². The lowest BCUT2D eigenvalue weighted by Crippen LogP contribution is -2.31. The van der Waals surface area contributed by atoms with Crippen molar-refractivity contribution in [1.82, 2.24) is 10.6 Å². The molecule has 0 radical (unpaired) electrons. The van der Waals surface area contributed by atoms with Gasteiger partial charge >= 0.3 is 0 Å². The van der Waals surface area contributed by atoms with E-state index in [0.29, 0.717) is 5.56 Å². The Kier molecular flexibility index (Phi) is 6.48. The fraction of sp³-hybridized carbons (Fsp3) is 0.286. The van der Waals surface area contributed by atoms with Crippen LogP contribution >= 0.6 is 0 Å². The Morgan fingerprint density at radius 3 is 2.67 bits per heavy atom. The third-order valence-corrected chi connectivity index (χ3v) is 2.67. The van der Waals surface area contributed by atoms with Gasteiger partial charge in [-0.05, 0) is 11.1 Å². The monoisotopic (exact) mass is 297 g/mol. The number of carbonyl (C=O) groups is 1. The molecule has 5 nitrogen and oxygen atoms in total. The van der Waals surface area contributed by atoms with Crippen LogP contribution in [-0.4, -0.2) is 30.2 Å². The molecule has 0 aromatic heterocycles. The van der Waals surface area contributed by atoms with Crippen molar-refractivity contribution < 1.29 is 18.7 Å². The Morgan fingerprint density at radius 1 is 1.43 bits per heavy atom. The molecule has 0 bridgehead atoms. The van der Waals surface area contributed by atoms with Crippen molar-refractivity contribution in [3.8, 4) is 0 Å². The summed E-state index contributed by atoms with van der Waals surface area (Å²) in [5.74, 6) is -0.760. The summed E-state index contributed by atoms with van der Waals surface area (Å²) in [5.41, 5.74) is -0.0351. The Morgan fingerprint density at radius 2 is 2.10 bits per heavy atom. The van der Waals surface area contributed by atoms with Gasteiger partial charge in [-0.15, -0.1) is 0 Å². The predicted molar refractivity (Wildman–Crippen MR) is 75.1 cm³/mol. The summed E-state index contributed by atoms with van der Waals surface area (Å²) >= 11 is 0. The molecule has 114 valence electrons. The lowest BCUT2D eigenvalue weighted by molar-refractivity contribution is -0.117. The minimum atomic E-state index is -3.02. The van der Waals surface area contributed by atoms with Crippen molar-refractivity contribution in [2.45, 2.75) is 19.6 Å². The molecular weight excluding hydrogens is 280 g/mol. The molecule has 7 heteroatoms. The van der Waals surface area contributed by atoms with E-state index in [0.717, 1.165) is 11.8 Å². The van der Waals surface area contributed by atoms with Crippen LogP contribution in [0.15, 0.2) is 36.0 Å². The van der Waals surface area contributed by atoms with Crippen LogP contribution in [0.4, 0.5) is 8.78 Å². The van der Waals surface area contributed by atoms with Crippen molar-refractivity contribution in [2.24, 2.45) is 0 Å². The minimum Gasteiger partial charge on any atom is -0.393 e. The first-order valence-electron chi connectivity index (χ1n) is 6.20. The van der Waals surface area contributed by atoms with Crippen LogP contribution in [-0.2, 0) is 17.9 Å². The molecule has 1 aromatic carbocycles. The molecular formula is C14H17F2N3O2. The van der Waals surface area contributed by atoms with E-state index in [9.17, 15) is 13.6 Å². The molecule has 0 aliphatic heterocycles. The molecule has 21 heavy (non-hydrogen) atoms. The lowest BCUT2D eigenvalue weighted by Gasteiger charge is -2.10. The number of hydrogen-bond donors (Lipinski definition) is 4. The molecule has 1 aromatic rings. The van der Waals surface area contributed by atoms with Crippen LogP contribution in [0.1, 0.15) is 11.1 Å². The first-order chi connectivity index (χ1) is 9.99. The average Bonchev–Trinajstić information content (AvgIpc) is 2.49. The molecule has 0 saturated carbocycles. The maximum Gasteiger partial charge on any atom is 0.280 e. The Balaban J connectivity index is 2.74. The van der Waals surface area contributed by atoms with Gasteiger partial charge in [-0.1, -0.05) is 24.3 Å². The Bertz CT molecular complexity index is 545. The van der Waals surface area contributed by atoms with E-state index < -0.39 is 23.6 Å². The maximum atomic E-state index is 12.5. The van der Waals surface area contributed by atoms with E-state index in [4.69, 9.17) is 10.5 Å². The minimum absolute atomic E-state index is 0.115. The number of benzene rings is 1. The van der Waals surface area contributed by atoms with Crippen molar-refractivity contribution >= 4 is 11.6 Å². The van der Waals surface area contributed by atoms with E-state index >= 15 is 0 Å². The molecule has 0 aliphatic carbocycles. The van der Waals surface area contributed by atoms with Gasteiger partial charge in [0.2, 0.25) is 0 Å². The topological polar surface area (TPSA) is 85.2 Å². The summed E-state index contributed by atoms with van der Waals surface area (Å²) in [7, 11) is 1.46. The molecule has 1 rings (SSSR count). The standard InChI is InChI=1S/C14H17F2N3O2/c1-18-7-11(12(17)13(15)16)14(21)19-6-9-3-2-4-10(5-9)8-20/h2-5,7,13,17-18,20H,6,8H2,1H3,(H,19,21)/b11-7+,17-12?. The number of alkyl halides is 2. The zero-order valence-corrected chi connectivity index (χ0v) is 11.5. The summed E-state index contributed by atoms with van der Waals surface area (Å²) in [6.07, 6.45) is -1.96. The third kappa shape index (κ3) is 4.96. The highest BCUT2D eigenvalue weighted by molar-refractivity contribution is 6.21. The molecule has 1 amide bonds. The molecule has 0 heterocycles. The van der Waals surface area contributed by atoms with Crippen molar-refractivity contribution in [1.29, 1.82) is 5.41 Å². The van der Waals surface area contributed by atoms with Crippen molar-refractivity contribution in [3.05, 3.63) is 47.2 Å². The van der Waals surface area contributed by atoms with Gasteiger partial charge in [0.15, 0.2) is 0 Å². The fourth-order valence-electron chi connectivity index (χ4n) is 1.64. The summed E-state index contributed by atoms with van der Waals surface area (Å²) in [4.78, 5) is 11.9. The number of aliphatic hydroxyl groups is 1. The van der Waals surface area contributed by atoms with E-state index in [1.54, 1.807) is 24.3 Å². The second kappa shape index (κ2) is 8.11. The molecule has 0 aliphatic rings. The van der Waals surface area contributed by atoms with Gasteiger partial charge in [0, 0.05) is 19.8 Å². The van der Waals surface area contributed by atoms with Gasteiger partial charge < -0.3 is 15.7 Å². The van der Waals surface area contributed by atoms with E-state index in [-0.39, 0.29) is 13.2 Å². The number of rotatable bonds is 7. The number of amides is 1. The van der Waals surface area contributed by atoms with Crippen LogP contribution in [0.2, 0.25) is 0 Å². The van der Waals surface area contributed by atoms with Crippen LogP contribution in [0.3, 0.4) is 0 Å². The number of halogens is 2. The average molecular weight is 297 g/mol. The number of aliphatic hydroxyl groups excluding tert-OH is 1. The van der Waals surface area contributed by atoms with E-state index in [2.05, 4.69) is 10.6 Å². The first kappa shape index (κ1) is 16.8. The zero-order chi connectivity index (χ0) is 15.8. The van der Waals surface area contributed by atoms with Gasteiger partial charge in [0.25, 0.3) is 12.3 Å². The van der Waals surface area contributed by atoms with Gasteiger partial charge in [0.1, 0.15) is 5.71 Å². The molecule has 0 spiro atoms. The summed E-state index contributed by atoms with van der Waals surface area (Å²) in [6, 6.07) is 6.88. The lowest BCUT2D eigenvalue weighted by atomic mass is 10.1. The third-order valence-electron chi connectivity index (χ3n) is 2.67. The highest BCUT2D eigenvalue weighted by atomic mass is 19.3. The zero-order valence-electron chi connectivity index (χ0n) is 11.5. The van der Waals surface area contributed by atoms with E-state index in [1.165, 1.54) is 7.05 Å². The van der Waals surface area contributed by atoms with Crippen molar-refractivity contribution in [2.75, 3.05) is 7.05 Å². The summed E-state index contributed by atoms with van der Waals surface area (Å²) in [6.45, 7) is -0.00698. The molecule has 0 atom stereocenters. The highest BCUT2D eigenvalue weighted by Gasteiger charge is 2.21. The van der Waals surface area contributed by atoms with E-state index in [1.807, 2.05) is 0 Å². The smallest absolute Gasteiger partial charge is 0.280 e. The second-order valence-electron chi connectivity index (χ2n) is 4.22. The molecule has 0 saturated heterocycles. The number of nitrogens with one attached hydrogen (secondary N) is 3. The van der Waals surface area contributed by atoms with Crippen LogP contribution in [0.25, 0.3) is 0 Å². The Labute approximate surface area is 121 Å². The van der Waals surface area contributed by atoms with Gasteiger partial charge in [-0.3, -0.25) is 10.2 Å². The SMILES string of the molecule is CN/C=C(\C(=N)C(F)F)C(=O)NCc1cccc(CO)c1. The Hall–Kier alpha value is -2.28. The quantitative estimate of drug-likeness (QED) is 0.450. The predicted octanol–water partition coefficient (Wildman–Crippen LogP) is 1.18. The highest BCUT2D eigenvalue weighted by Crippen LogP contribution is 2.08. The summed E-state index contributed by atoms with van der Waals surface area (Å²) in [5, 5.41) is 21.2. The maximum absolute atomic E-state index is 12.5. The van der Waals surface area contributed by atoms with Crippen LogP contribution < -0.4 is 10.6 Å². The fourth-order valence-corrected chi connectivity index (χ4v) is 1.64. The van der Waals surface area contributed by atoms with Crippen LogP contribution in [0, 0.1) is 5.41 Å². The second-order valence-corrected chi connectivity index (χ2v) is 4.22. The van der Waals surface area contributed by atoms with Gasteiger partial charge in [0.05, 0.1) is 12.2 Å². The first-order valence-corrected chi connectivity index (χ1v) is 6.20. The number of carbonyl (C=O) groups excluding carboxylic acids is 1.